The first-order valence-corrected chi connectivity index (χ1v) is 12.3. The Balaban J connectivity index is 1.69. The third-order valence-electron chi connectivity index (χ3n) is 6.71. The Hall–Kier alpha value is -3.87. The minimum atomic E-state index is -3.15. The van der Waals surface area contributed by atoms with Crippen LogP contribution >= 0.6 is 0 Å². The van der Waals surface area contributed by atoms with E-state index in [9.17, 15) is 19.1 Å². The molecule has 0 atom stereocenters. The zero-order chi connectivity index (χ0) is 27.2. The normalized spacial score (nSPS) is 14.1. The largest absolute Gasteiger partial charge is 0.432 e. The summed E-state index contributed by atoms with van der Waals surface area (Å²) in [5.41, 5.74) is 4.39. The molecular formula is C29H27F3N4O2. The van der Waals surface area contributed by atoms with Gasteiger partial charge in [0.1, 0.15) is 11.4 Å². The lowest BCUT2D eigenvalue weighted by atomic mass is 9.91. The van der Waals surface area contributed by atoms with E-state index >= 15 is 4.39 Å². The quantitative estimate of drug-likeness (QED) is 0.351. The zero-order valence-corrected chi connectivity index (χ0v) is 21.3. The number of halogens is 3. The molecular weight excluding hydrogens is 493 g/mol. The number of nitrogens with zero attached hydrogens (tertiary/aromatic N) is 4. The van der Waals surface area contributed by atoms with E-state index in [2.05, 4.69) is 15.7 Å². The van der Waals surface area contributed by atoms with E-state index in [-0.39, 0.29) is 11.4 Å². The summed E-state index contributed by atoms with van der Waals surface area (Å²) in [5.74, 6) is -1.15. The van der Waals surface area contributed by atoms with Gasteiger partial charge in [-0.05, 0) is 86.3 Å². The second kappa shape index (κ2) is 9.78. The summed E-state index contributed by atoms with van der Waals surface area (Å²) in [6.45, 7) is 4.48. The van der Waals surface area contributed by atoms with Crippen LogP contribution in [0.3, 0.4) is 0 Å². The van der Waals surface area contributed by atoms with Gasteiger partial charge in [0, 0.05) is 30.6 Å². The lowest BCUT2D eigenvalue weighted by Gasteiger charge is -2.34. The Kier molecular flexibility index (Phi) is 6.63. The van der Waals surface area contributed by atoms with Crippen molar-refractivity contribution >= 4 is 10.9 Å². The Labute approximate surface area is 218 Å². The van der Waals surface area contributed by atoms with Crippen molar-refractivity contribution in [2.24, 2.45) is 0 Å². The van der Waals surface area contributed by atoms with Crippen molar-refractivity contribution in [2.45, 2.75) is 45.9 Å². The SMILES string of the molecule is Cc1cc(-c2nn(-c3c(F)cccc3OC(F)F)c3cc(C#N)ccc23)cc2c1CCN(CC(C)(C)O)C2. The number of nitriles is 1. The van der Waals surface area contributed by atoms with Crippen LogP contribution in [0.1, 0.15) is 36.1 Å². The predicted molar refractivity (Wildman–Crippen MR) is 138 cm³/mol. The molecule has 5 rings (SSSR count). The Bertz CT molecular complexity index is 1570. The van der Waals surface area contributed by atoms with Crippen molar-refractivity contribution < 1.29 is 23.0 Å². The van der Waals surface area contributed by atoms with Crippen molar-refractivity contribution in [1.29, 1.82) is 5.26 Å². The fourth-order valence-corrected chi connectivity index (χ4v) is 5.26. The van der Waals surface area contributed by atoms with Gasteiger partial charge in [0.25, 0.3) is 0 Å². The van der Waals surface area contributed by atoms with Crippen LogP contribution in [-0.4, -0.2) is 45.1 Å². The highest BCUT2D eigenvalue weighted by Crippen LogP contribution is 2.37. The number of hydrogen-bond donors (Lipinski definition) is 1. The molecule has 1 aromatic heterocycles. The van der Waals surface area contributed by atoms with Gasteiger partial charge in [-0.1, -0.05) is 6.07 Å². The smallest absolute Gasteiger partial charge is 0.387 e. The molecule has 0 saturated heterocycles. The van der Waals surface area contributed by atoms with Gasteiger partial charge in [-0.25, -0.2) is 9.07 Å². The molecule has 1 N–H and O–H groups in total. The maximum absolute atomic E-state index is 15.1. The summed E-state index contributed by atoms with van der Waals surface area (Å²) in [4.78, 5) is 2.20. The topological polar surface area (TPSA) is 74.3 Å². The molecule has 0 fully saturated rings. The average Bonchev–Trinajstić information content (AvgIpc) is 3.21. The van der Waals surface area contributed by atoms with Crippen LogP contribution in [0, 0.1) is 24.1 Å². The fourth-order valence-electron chi connectivity index (χ4n) is 5.26. The molecule has 0 amide bonds. The molecule has 0 unspecified atom stereocenters. The van der Waals surface area contributed by atoms with E-state index in [1.165, 1.54) is 22.4 Å². The summed E-state index contributed by atoms with van der Waals surface area (Å²) in [5, 5.41) is 25.1. The third-order valence-corrected chi connectivity index (χ3v) is 6.71. The lowest BCUT2D eigenvalue weighted by Crippen LogP contribution is -2.41. The van der Waals surface area contributed by atoms with Crippen LogP contribution in [0.2, 0.25) is 0 Å². The average molecular weight is 521 g/mol. The number of aryl methyl sites for hydroxylation is 1. The molecule has 0 aliphatic carbocycles. The molecule has 1 aliphatic heterocycles. The van der Waals surface area contributed by atoms with Crippen LogP contribution in [0.25, 0.3) is 27.8 Å². The molecule has 196 valence electrons. The second-order valence-corrected chi connectivity index (χ2v) is 10.3. The summed E-state index contributed by atoms with van der Waals surface area (Å²) in [6, 6.07) is 14.8. The molecule has 0 spiro atoms. The lowest BCUT2D eigenvalue weighted by molar-refractivity contribution is -0.0500. The maximum atomic E-state index is 15.1. The van der Waals surface area contributed by atoms with Crippen LogP contribution in [0.4, 0.5) is 13.2 Å². The zero-order valence-electron chi connectivity index (χ0n) is 21.3. The highest BCUT2D eigenvalue weighted by Gasteiger charge is 2.26. The standard InChI is InChI=1S/C29H27F3N4O2/c1-17-11-19(13-20-15-35(10-9-21(17)20)16-29(2,3)37)26-22-8-7-18(14-33)12-24(22)36(34-26)27-23(30)5-4-6-25(27)38-28(31)32/h4-8,11-13,28,37H,9-10,15-16H2,1-3H3. The van der Waals surface area contributed by atoms with E-state index in [1.807, 2.05) is 19.1 Å². The van der Waals surface area contributed by atoms with E-state index in [4.69, 9.17) is 5.10 Å². The number of rotatable bonds is 6. The molecule has 38 heavy (non-hydrogen) atoms. The molecule has 9 heteroatoms. The van der Waals surface area contributed by atoms with E-state index in [0.717, 1.165) is 35.7 Å². The molecule has 2 heterocycles. The van der Waals surface area contributed by atoms with E-state index < -0.39 is 18.0 Å². The molecule has 0 radical (unpaired) electrons. The van der Waals surface area contributed by atoms with Crippen molar-refractivity contribution in [3.05, 3.63) is 76.6 Å². The maximum Gasteiger partial charge on any atom is 0.387 e. The third kappa shape index (κ3) is 4.97. The Morgan fingerprint density at radius 2 is 1.97 bits per heavy atom. The summed E-state index contributed by atoms with van der Waals surface area (Å²) < 4.78 is 47.3. The van der Waals surface area contributed by atoms with E-state index in [1.54, 1.807) is 32.0 Å². The minimum absolute atomic E-state index is 0.259. The number of β-amino-alcohol motifs (C(OH)–C–C–N with tert-alkyl or cyclic N) is 1. The Morgan fingerprint density at radius 1 is 1.18 bits per heavy atom. The first kappa shape index (κ1) is 25.8. The molecule has 1 aliphatic rings. The molecule has 0 saturated carbocycles. The van der Waals surface area contributed by atoms with Gasteiger partial charge in [0.15, 0.2) is 11.6 Å². The van der Waals surface area contributed by atoms with Crippen LogP contribution < -0.4 is 4.74 Å². The number of fused-ring (bicyclic) bond motifs is 2. The van der Waals surface area contributed by atoms with Crippen molar-refractivity contribution in [3.8, 4) is 28.8 Å². The predicted octanol–water partition coefficient (Wildman–Crippen LogP) is 5.74. The molecule has 6 nitrogen and oxygen atoms in total. The second-order valence-electron chi connectivity index (χ2n) is 10.3. The summed E-state index contributed by atoms with van der Waals surface area (Å²) in [6.07, 6.45) is 0.849. The highest BCUT2D eigenvalue weighted by atomic mass is 19.3. The van der Waals surface area contributed by atoms with Crippen LogP contribution in [-0.2, 0) is 13.0 Å². The number of hydrogen-bond acceptors (Lipinski definition) is 5. The van der Waals surface area contributed by atoms with Gasteiger partial charge in [-0.3, -0.25) is 4.90 Å². The van der Waals surface area contributed by atoms with Gasteiger partial charge in [0.05, 0.1) is 22.8 Å². The number of aliphatic hydroxyl groups is 1. The number of benzene rings is 3. The van der Waals surface area contributed by atoms with Crippen LogP contribution in [0.15, 0.2) is 48.5 Å². The van der Waals surface area contributed by atoms with Gasteiger partial charge in [-0.2, -0.15) is 19.1 Å². The van der Waals surface area contributed by atoms with Gasteiger partial charge in [-0.15, -0.1) is 0 Å². The first-order chi connectivity index (χ1) is 18.0. The van der Waals surface area contributed by atoms with Crippen LogP contribution in [0.5, 0.6) is 5.75 Å². The molecule has 4 aromatic rings. The van der Waals surface area contributed by atoms with Crippen molar-refractivity contribution in [2.75, 3.05) is 13.1 Å². The van der Waals surface area contributed by atoms with Gasteiger partial charge < -0.3 is 9.84 Å². The molecule has 0 bridgehead atoms. The molecule has 3 aromatic carbocycles. The van der Waals surface area contributed by atoms with Gasteiger partial charge in [0.2, 0.25) is 0 Å². The number of aromatic nitrogens is 2. The summed E-state index contributed by atoms with van der Waals surface area (Å²) >= 11 is 0. The Morgan fingerprint density at radius 3 is 2.68 bits per heavy atom. The first-order valence-electron chi connectivity index (χ1n) is 12.3. The monoisotopic (exact) mass is 520 g/mol. The summed E-state index contributed by atoms with van der Waals surface area (Å²) in [7, 11) is 0. The van der Waals surface area contributed by atoms with Gasteiger partial charge >= 0.3 is 6.61 Å². The van der Waals surface area contributed by atoms with E-state index in [0.29, 0.717) is 35.2 Å². The highest BCUT2D eigenvalue weighted by molar-refractivity contribution is 5.95. The van der Waals surface area contributed by atoms with Crippen molar-refractivity contribution in [3.63, 3.8) is 0 Å². The fraction of sp³-hybridized carbons (Fsp3) is 0.310. The van der Waals surface area contributed by atoms with Crippen molar-refractivity contribution in [1.82, 2.24) is 14.7 Å². The number of ether oxygens (including phenoxy) is 1. The number of para-hydroxylation sites is 1. The number of alkyl halides is 2. The minimum Gasteiger partial charge on any atom is -0.432 e.